The molecule has 0 aromatic heterocycles. The van der Waals surface area contributed by atoms with E-state index in [0.29, 0.717) is 35.7 Å². The van der Waals surface area contributed by atoms with E-state index in [1.54, 1.807) is 29.2 Å². The third-order valence-corrected chi connectivity index (χ3v) is 8.23. The number of hydrogen-bond acceptors (Lipinski definition) is 5. The number of carbonyl (C=O) groups is 1. The van der Waals surface area contributed by atoms with Crippen molar-refractivity contribution >= 4 is 38.9 Å². The number of benzene rings is 3. The third kappa shape index (κ3) is 6.61. The second-order valence-corrected chi connectivity index (χ2v) is 10.7. The van der Waals surface area contributed by atoms with Gasteiger partial charge in [-0.1, -0.05) is 25.4 Å². The third-order valence-electron chi connectivity index (χ3n) is 6.09. The summed E-state index contributed by atoms with van der Waals surface area (Å²) in [6.07, 6.45) is 1.00. The van der Waals surface area contributed by atoms with E-state index in [1.165, 1.54) is 24.3 Å². The van der Waals surface area contributed by atoms with Crippen molar-refractivity contribution in [3.63, 3.8) is 0 Å². The number of likely N-dealkylation sites (tertiary alicyclic amines) is 1. The Balaban J connectivity index is 0.00000195. The first-order valence-corrected chi connectivity index (χ1v) is 14.1. The van der Waals surface area contributed by atoms with Crippen LogP contribution in [0.2, 0.25) is 5.02 Å². The summed E-state index contributed by atoms with van der Waals surface area (Å²) in [4.78, 5) is 14.5. The highest BCUT2D eigenvalue weighted by atomic mass is 35.5. The summed E-state index contributed by atoms with van der Waals surface area (Å²) in [5, 5.41) is 9.31. The van der Waals surface area contributed by atoms with Gasteiger partial charge in [-0.15, -0.1) is 0 Å². The van der Waals surface area contributed by atoms with Crippen molar-refractivity contribution in [1.82, 2.24) is 4.90 Å². The number of amides is 1. The molecule has 0 bridgehead atoms. The van der Waals surface area contributed by atoms with Gasteiger partial charge in [0, 0.05) is 35.8 Å². The molecule has 1 saturated heterocycles. The molecule has 1 heterocycles. The van der Waals surface area contributed by atoms with Gasteiger partial charge >= 0.3 is 0 Å². The van der Waals surface area contributed by atoms with Crippen LogP contribution in [-0.4, -0.2) is 43.6 Å². The van der Waals surface area contributed by atoms with Crippen LogP contribution in [0.25, 0.3) is 0 Å². The number of nitrogens with zero attached hydrogens (tertiary/aromatic N) is 2. The van der Waals surface area contributed by atoms with Crippen molar-refractivity contribution in [3.05, 3.63) is 89.0 Å². The normalized spacial score (nSPS) is 15.6. The summed E-state index contributed by atoms with van der Waals surface area (Å²) in [6.45, 7) is 4.59. The van der Waals surface area contributed by atoms with E-state index in [2.05, 4.69) is 0 Å². The van der Waals surface area contributed by atoms with E-state index < -0.39 is 27.7 Å². The highest BCUT2D eigenvalue weighted by molar-refractivity contribution is 7.92. The monoisotopic (exact) mass is 565 g/mol. The smallest absolute Gasteiger partial charge is 0.264 e. The molecule has 0 spiro atoms. The molecule has 1 amide bonds. The number of nitrogens with one attached hydrogen (secondary N) is 1. The molecule has 2 N–H and O–H groups in total. The summed E-state index contributed by atoms with van der Waals surface area (Å²) in [6, 6.07) is 13.7. The van der Waals surface area contributed by atoms with E-state index in [0.717, 1.165) is 22.5 Å². The maximum absolute atomic E-state index is 14.9. The molecule has 0 aliphatic carbocycles. The molecule has 0 radical (unpaired) electrons. The molecule has 1 fully saturated rings. The quantitative estimate of drug-likeness (QED) is 0.341. The molecule has 1 aliphatic heterocycles. The van der Waals surface area contributed by atoms with Gasteiger partial charge in [-0.3, -0.25) is 19.8 Å². The molecule has 3 aromatic carbocycles. The Morgan fingerprint density at radius 1 is 1.00 bits per heavy atom. The van der Waals surface area contributed by atoms with Gasteiger partial charge in [0.2, 0.25) is 0 Å². The van der Waals surface area contributed by atoms with Gasteiger partial charge in [0.1, 0.15) is 11.6 Å². The molecular formula is C27H30ClF2N3O4S. The number of rotatable bonds is 6. The average molecular weight is 566 g/mol. The first kappa shape index (κ1) is 29.3. The Hall–Kier alpha value is -3.21. The first-order valence-electron chi connectivity index (χ1n) is 12.2. The molecule has 7 nitrogen and oxygen atoms in total. The summed E-state index contributed by atoms with van der Waals surface area (Å²) < 4.78 is 57.4. The molecule has 204 valence electrons. The zero-order valence-corrected chi connectivity index (χ0v) is 22.6. The second-order valence-electron chi connectivity index (χ2n) is 8.42. The van der Waals surface area contributed by atoms with E-state index >= 15 is 0 Å². The maximum Gasteiger partial charge on any atom is 0.264 e. The fourth-order valence-electron chi connectivity index (χ4n) is 4.28. The van der Waals surface area contributed by atoms with E-state index in [4.69, 9.17) is 16.8 Å². The van der Waals surface area contributed by atoms with E-state index in [-0.39, 0.29) is 29.5 Å². The zero-order chi connectivity index (χ0) is 27.9. The fraction of sp³-hybridized carbons (Fsp3) is 0.296. The highest BCUT2D eigenvalue weighted by Crippen LogP contribution is 2.33. The Labute approximate surface area is 226 Å². The van der Waals surface area contributed by atoms with Gasteiger partial charge < -0.3 is 4.90 Å². The van der Waals surface area contributed by atoms with Crippen LogP contribution < -0.4 is 9.79 Å². The van der Waals surface area contributed by atoms with Crippen molar-refractivity contribution in [2.75, 3.05) is 22.9 Å². The maximum atomic E-state index is 14.9. The second kappa shape index (κ2) is 13.0. The Morgan fingerprint density at radius 2 is 1.66 bits per heavy atom. The largest absolute Gasteiger partial charge is 0.339 e. The van der Waals surface area contributed by atoms with Gasteiger partial charge in [-0.25, -0.2) is 17.2 Å². The Kier molecular flexibility index (Phi) is 10.1. The lowest BCUT2D eigenvalue weighted by molar-refractivity contribution is 0.0761. The van der Waals surface area contributed by atoms with Crippen molar-refractivity contribution in [2.24, 2.45) is 0 Å². The van der Waals surface area contributed by atoms with E-state index in [9.17, 15) is 22.0 Å². The molecule has 0 saturated carbocycles. The van der Waals surface area contributed by atoms with Crippen LogP contribution in [0.15, 0.2) is 71.6 Å². The van der Waals surface area contributed by atoms with Crippen LogP contribution in [-0.2, 0) is 10.0 Å². The predicted molar refractivity (Wildman–Crippen MR) is 144 cm³/mol. The SMILES string of the molecule is CC.O=C(c1ccc(NO)cc1)N1CCCC(N(c2cc(F)ccc2F)S(=O)(=O)c2ccc(Cl)cc2)CC1. The molecule has 4 rings (SSSR count). The lowest BCUT2D eigenvalue weighted by Crippen LogP contribution is -2.42. The average Bonchev–Trinajstić information content (AvgIpc) is 3.18. The van der Waals surface area contributed by atoms with Crippen LogP contribution in [0.5, 0.6) is 0 Å². The fourth-order valence-corrected chi connectivity index (χ4v) is 6.12. The Bertz CT molecular complexity index is 1340. The number of sulfonamides is 1. The van der Waals surface area contributed by atoms with Crippen LogP contribution in [0.1, 0.15) is 43.5 Å². The number of halogens is 3. The molecular weight excluding hydrogens is 536 g/mol. The van der Waals surface area contributed by atoms with Crippen molar-refractivity contribution in [2.45, 2.75) is 44.0 Å². The van der Waals surface area contributed by atoms with Crippen LogP contribution >= 0.6 is 11.6 Å². The molecule has 11 heteroatoms. The minimum Gasteiger partial charge on any atom is -0.339 e. The van der Waals surface area contributed by atoms with Gasteiger partial charge in [0.15, 0.2) is 0 Å². The summed E-state index contributed by atoms with van der Waals surface area (Å²) in [5.41, 5.74) is 2.46. The zero-order valence-electron chi connectivity index (χ0n) is 21.1. The van der Waals surface area contributed by atoms with Crippen LogP contribution in [0.4, 0.5) is 20.2 Å². The minimum atomic E-state index is -4.29. The topological polar surface area (TPSA) is 89.9 Å². The molecule has 1 atom stereocenters. The van der Waals surface area contributed by atoms with Crippen molar-refractivity contribution < 1.29 is 27.2 Å². The summed E-state index contributed by atoms with van der Waals surface area (Å²) in [7, 11) is -4.29. The van der Waals surface area contributed by atoms with Gasteiger partial charge in [0.25, 0.3) is 15.9 Å². The van der Waals surface area contributed by atoms with Gasteiger partial charge in [0.05, 0.1) is 16.3 Å². The first-order chi connectivity index (χ1) is 18.2. The lowest BCUT2D eigenvalue weighted by atomic mass is 10.1. The number of anilines is 2. The lowest BCUT2D eigenvalue weighted by Gasteiger charge is -2.32. The van der Waals surface area contributed by atoms with E-state index in [1.807, 2.05) is 19.3 Å². The molecule has 1 unspecified atom stereocenters. The molecule has 3 aromatic rings. The minimum absolute atomic E-state index is 0.106. The number of carbonyl (C=O) groups excluding carboxylic acids is 1. The van der Waals surface area contributed by atoms with Crippen molar-refractivity contribution in [1.29, 1.82) is 0 Å². The Morgan fingerprint density at radius 3 is 2.29 bits per heavy atom. The van der Waals surface area contributed by atoms with Crippen LogP contribution in [0.3, 0.4) is 0 Å². The highest BCUT2D eigenvalue weighted by Gasteiger charge is 2.35. The standard InChI is InChI=1S/C25H24ClF2N3O4S.C2H6/c26-18-5-10-22(11-6-18)36(34,35)31(24-16-19(27)7-12-23(24)28)21-2-1-14-30(15-13-21)25(32)17-3-8-20(29-33)9-4-17;1-2/h3-12,16,21,29,33H,1-2,13-15H2;1-2H3. The van der Waals surface area contributed by atoms with Crippen molar-refractivity contribution in [3.8, 4) is 0 Å². The van der Waals surface area contributed by atoms with Gasteiger partial charge in [-0.2, -0.15) is 0 Å². The summed E-state index contributed by atoms with van der Waals surface area (Å²) >= 11 is 5.92. The molecule has 1 aliphatic rings. The number of hydrogen-bond donors (Lipinski definition) is 2. The van der Waals surface area contributed by atoms with Crippen LogP contribution in [0, 0.1) is 11.6 Å². The van der Waals surface area contributed by atoms with Gasteiger partial charge in [-0.05, 0) is 79.9 Å². The molecule has 38 heavy (non-hydrogen) atoms. The predicted octanol–water partition coefficient (Wildman–Crippen LogP) is 6.34. The summed E-state index contributed by atoms with van der Waals surface area (Å²) in [5.74, 6) is -1.89.